The second kappa shape index (κ2) is 7.77. The molecule has 112 valence electrons. The van der Waals surface area contributed by atoms with Gasteiger partial charge in [-0.2, -0.15) is 0 Å². The zero-order valence-electron chi connectivity index (χ0n) is 12.9. The predicted octanol–water partition coefficient (Wildman–Crippen LogP) is 2.36. The van der Waals surface area contributed by atoms with E-state index in [0.29, 0.717) is 12.0 Å². The smallest absolute Gasteiger partial charge is 0.0230 e. The third kappa shape index (κ3) is 4.30. The third-order valence-electron chi connectivity index (χ3n) is 4.37. The molecule has 1 aromatic rings. The Labute approximate surface area is 123 Å². The summed E-state index contributed by atoms with van der Waals surface area (Å²) in [6, 6.07) is 9.34. The average Bonchev–Trinajstić information content (AvgIpc) is 2.46. The monoisotopic (exact) mass is 275 g/mol. The van der Waals surface area contributed by atoms with Gasteiger partial charge in [-0.3, -0.25) is 0 Å². The quantitative estimate of drug-likeness (QED) is 0.837. The van der Waals surface area contributed by atoms with Gasteiger partial charge in [-0.05, 0) is 50.5 Å². The minimum atomic E-state index is 0.598. The van der Waals surface area contributed by atoms with Crippen molar-refractivity contribution in [3.63, 3.8) is 0 Å². The minimum Gasteiger partial charge on any atom is -0.330 e. The highest BCUT2D eigenvalue weighted by atomic mass is 15.0. The zero-order valence-corrected chi connectivity index (χ0v) is 12.9. The first kappa shape index (κ1) is 15.5. The molecule has 3 N–H and O–H groups in total. The standard InChI is InChI=1S/C17H29N3/c1-20(2)13-16-9-4-3-8-15(16)12-19-17-10-6-5-7-14(17)11-18/h3-4,8-9,14,17,19H,5-7,10-13,18H2,1-2H3. The first-order valence-corrected chi connectivity index (χ1v) is 7.85. The SMILES string of the molecule is CN(C)Cc1ccccc1CNC1CCCCC1CN. The van der Waals surface area contributed by atoms with Crippen LogP contribution in [0.2, 0.25) is 0 Å². The van der Waals surface area contributed by atoms with E-state index in [1.807, 2.05) is 0 Å². The molecule has 1 fully saturated rings. The largest absolute Gasteiger partial charge is 0.330 e. The second-order valence-electron chi connectivity index (χ2n) is 6.27. The van der Waals surface area contributed by atoms with Gasteiger partial charge >= 0.3 is 0 Å². The van der Waals surface area contributed by atoms with Crippen LogP contribution in [0.1, 0.15) is 36.8 Å². The predicted molar refractivity (Wildman–Crippen MR) is 85.5 cm³/mol. The fourth-order valence-electron chi connectivity index (χ4n) is 3.22. The Kier molecular flexibility index (Phi) is 6.02. The van der Waals surface area contributed by atoms with E-state index in [1.54, 1.807) is 0 Å². The fourth-order valence-corrected chi connectivity index (χ4v) is 3.22. The molecule has 0 amide bonds. The molecule has 1 saturated carbocycles. The Morgan fingerprint density at radius 2 is 1.85 bits per heavy atom. The summed E-state index contributed by atoms with van der Waals surface area (Å²) in [5.74, 6) is 0.657. The van der Waals surface area contributed by atoms with Crippen LogP contribution in [0.15, 0.2) is 24.3 Å². The topological polar surface area (TPSA) is 41.3 Å². The molecule has 0 spiro atoms. The maximum absolute atomic E-state index is 5.91. The first-order chi connectivity index (χ1) is 9.70. The van der Waals surface area contributed by atoms with Gasteiger partial charge in [0.05, 0.1) is 0 Å². The Hall–Kier alpha value is -0.900. The normalized spacial score (nSPS) is 23.2. The number of nitrogens with zero attached hydrogens (tertiary/aromatic N) is 1. The molecule has 0 radical (unpaired) electrons. The summed E-state index contributed by atoms with van der Waals surface area (Å²) in [6.07, 6.45) is 5.25. The Balaban J connectivity index is 1.96. The highest BCUT2D eigenvalue weighted by Gasteiger charge is 2.23. The lowest BCUT2D eigenvalue weighted by Crippen LogP contribution is -2.41. The molecule has 3 nitrogen and oxygen atoms in total. The van der Waals surface area contributed by atoms with Crippen molar-refractivity contribution in [3.05, 3.63) is 35.4 Å². The molecule has 2 rings (SSSR count). The highest BCUT2D eigenvalue weighted by molar-refractivity contribution is 5.27. The summed E-state index contributed by atoms with van der Waals surface area (Å²) >= 11 is 0. The van der Waals surface area contributed by atoms with Gasteiger partial charge in [0, 0.05) is 19.1 Å². The molecular weight excluding hydrogens is 246 g/mol. The summed E-state index contributed by atoms with van der Waals surface area (Å²) in [5.41, 5.74) is 8.75. The van der Waals surface area contributed by atoms with Crippen LogP contribution in [0, 0.1) is 5.92 Å². The van der Waals surface area contributed by atoms with Gasteiger partial charge in [0.1, 0.15) is 0 Å². The van der Waals surface area contributed by atoms with E-state index in [9.17, 15) is 0 Å². The maximum Gasteiger partial charge on any atom is 0.0230 e. The molecule has 20 heavy (non-hydrogen) atoms. The van der Waals surface area contributed by atoms with Crippen molar-refractivity contribution in [1.82, 2.24) is 10.2 Å². The number of nitrogens with one attached hydrogen (secondary N) is 1. The zero-order chi connectivity index (χ0) is 14.4. The van der Waals surface area contributed by atoms with Crippen LogP contribution in [0.3, 0.4) is 0 Å². The lowest BCUT2D eigenvalue weighted by atomic mass is 9.84. The Morgan fingerprint density at radius 1 is 1.15 bits per heavy atom. The summed E-state index contributed by atoms with van der Waals surface area (Å²) < 4.78 is 0. The van der Waals surface area contributed by atoms with Crippen LogP contribution in [0.5, 0.6) is 0 Å². The molecule has 3 heteroatoms. The van der Waals surface area contributed by atoms with Crippen LogP contribution in [0.4, 0.5) is 0 Å². The van der Waals surface area contributed by atoms with Crippen molar-refractivity contribution in [2.45, 2.75) is 44.8 Å². The van der Waals surface area contributed by atoms with Gasteiger partial charge in [0.25, 0.3) is 0 Å². The summed E-state index contributed by atoms with van der Waals surface area (Å²) in [5, 5.41) is 3.75. The third-order valence-corrected chi connectivity index (χ3v) is 4.37. The lowest BCUT2D eigenvalue weighted by Gasteiger charge is -2.31. The number of hydrogen-bond acceptors (Lipinski definition) is 3. The Bertz CT molecular complexity index is 403. The van der Waals surface area contributed by atoms with Crippen LogP contribution in [-0.4, -0.2) is 31.6 Å². The lowest BCUT2D eigenvalue weighted by molar-refractivity contribution is 0.266. The van der Waals surface area contributed by atoms with Crippen molar-refractivity contribution in [2.75, 3.05) is 20.6 Å². The molecule has 1 aliphatic carbocycles. The van der Waals surface area contributed by atoms with E-state index in [4.69, 9.17) is 5.73 Å². The summed E-state index contributed by atoms with van der Waals surface area (Å²) in [6.45, 7) is 2.78. The van der Waals surface area contributed by atoms with E-state index in [2.05, 4.69) is 48.6 Å². The first-order valence-electron chi connectivity index (χ1n) is 7.85. The van der Waals surface area contributed by atoms with Crippen molar-refractivity contribution in [2.24, 2.45) is 11.7 Å². The minimum absolute atomic E-state index is 0.598. The second-order valence-corrected chi connectivity index (χ2v) is 6.27. The van der Waals surface area contributed by atoms with E-state index in [1.165, 1.54) is 36.8 Å². The van der Waals surface area contributed by atoms with Crippen LogP contribution in [0.25, 0.3) is 0 Å². The highest BCUT2D eigenvalue weighted by Crippen LogP contribution is 2.24. The Morgan fingerprint density at radius 3 is 2.55 bits per heavy atom. The number of benzene rings is 1. The molecule has 0 aromatic heterocycles. The van der Waals surface area contributed by atoms with Gasteiger partial charge < -0.3 is 16.0 Å². The van der Waals surface area contributed by atoms with E-state index in [0.717, 1.165) is 19.6 Å². The fraction of sp³-hybridized carbons (Fsp3) is 0.647. The molecular formula is C17H29N3. The number of hydrogen-bond donors (Lipinski definition) is 2. The van der Waals surface area contributed by atoms with Crippen LogP contribution < -0.4 is 11.1 Å². The molecule has 0 bridgehead atoms. The summed E-state index contributed by atoms with van der Waals surface area (Å²) in [7, 11) is 4.24. The van der Waals surface area contributed by atoms with Crippen molar-refractivity contribution in [1.29, 1.82) is 0 Å². The van der Waals surface area contributed by atoms with Crippen molar-refractivity contribution in [3.8, 4) is 0 Å². The molecule has 1 aliphatic rings. The van der Waals surface area contributed by atoms with Gasteiger partial charge in [0.2, 0.25) is 0 Å². The van der Waals surface area contributed by atoms with Gasteiger partial charge in [-0.25, -0.2) is 0 Å². The molecule has 0 heterocycles. The number of rotatable bonds is 6. The van der Waals surface area contributed by atoms with E-state index in [-0.39, 0.29) is 0 Å². The molecule has 2 unspecified atom stereocenters. The maximum atomic E-state index is 5.91. The molecule has 0 aliphatic heterocycles. The van der Waals surface area contributed by atoms with Gasteiger partial charge in [-0.15, -0.1) is 0 Å². The average molecular weight is 275 g/mol. The molecule has 2 atom stereocenters. The van der Waals surface area contributed by atoms with Crippen LogP contribution >= 0.6 is 0 Å². The number of nitrogens with two attached hydrogens (primary N) is 1. The van der Waals surface area contributed by atoms with Gasteiger partial charge in [-0.1, -0.05) is 37.1 Å². The van der Waals surface area contributed by atoms with E-state index >= 15 is 0 Å². The molecule has 1 aromatic carbocycles. The van der Waals surface area contributed by atoms with Gasteiger partial charge in [0.15, 0.2) is 0 Å². The van der Waals surface area contributed by atoms with Crippen molar-refractivity contribution < 1.29 is 0 Å². The van der Waals surface area contributed by atoms with E-state index < -0.39 is 0 Å². The summed E-state index contributed by atoms with van der Waals surface area (Å²) in [4.78, 5) is 2.22. The van der Waals surface area contributed by atoms with Crippen LogP contribution in [-0.2, 0) is 13.1 Å². The van der Waals surface area contributed by atoms with Crippen molar-refractivity contribution >= 4 is 0 Å². The molecule has 0 saturated heterocycles.